The molecule has 7 nitrogen and oxygen atoms in total. The van der Waals surface area contributed by atoms with Gasteiger partial charge in [0, 0.05) is 19.3 Å². The molecule has 0 unspecified atom stereocenters. The summed E-state index contributed by atoms with van der Waals surface area (Å²) in [7, 11) is 3.93. The Morgan fingerprint density at radius 3 is 1.11 bits per heavy atom. The van der Waals surface area contributed by atoms with Crippen molar-refractivity contribution in [1.29, 1.82) is 0 Å². The van der Waals surface area contributed by atoms with Gasteiger partial charge in [-0.2, -0.15) is 0 Å². The number of ether oxygens (including phenoxy) is 3. The van der Waals surface area contributed by atoms with E-state index in [0.29, 0.717) is 25.7 Å². The van der Waals surface area contributed by atoms with Crippen LogP contribution in [-0.2, 0) is 28.6 Å². The molecule has 0 aromatic carbocycles. The number of hydrogen-bond donors (Lipinski definition) is 0. The molecule has 0 saturated heterocycles. The molecule has 53 heavy (non-hydrogen) atoms. The van der Waals surface area contributed by atoms with E-state index in [1.807, 2.05) is 19.0 Å². The summed E-state index contributed by atoms with van der Waals surface area (Å²) in [6.07, 6.45) is 44.8. The van der Waals surface area contributed by atoms with E-state index in [4.69, 9.17) is 14.2 Å². The van der Waals surface area contributed by atoms with Crippen molar-refractivity contribution < 1.29 is 28.6 Å². The molecule has 0 aromatic rings. The number of unbranched alkanes of at least 4 members (excludes halogenated alkanes) is 16. The highest BCUT2D eigenvalue weighted by Crippen LogP contribution is 2.12. The second-order valence-corrected chi connectivity index (χ2v) is 14.8. The molecule has 0 aliphatic heterocycles. The van der Waals surface area contributed by atoms with Gasteiger partial charge >= 0.3 is 17.9 Å². The van der Waals surface area contributed by atoms with E-state index in [9.17, 15) is 14.4 Å². The minimum absolute atomic E-state index is 0.0642. The maximum absolute atomic E-state index is 12.5. The quantitative estimate of drug-likeness (QED) is 0.0269. The zero-order chi connectivity index (χ0) is 38.9. The van der Waals surface area contributed by atoms with Crippen molar-refractivity contribution in [3.05, 3.63) is 48.6 Å². The van der Waals surface area contributed by atoms with Crippen molar-refractivity contribution >= 4 is 17.9 Å². The monoisotopic (exact) mass is 744 g/mol. The van der Waals surface area contributed by atoms with Gasteiger partial charge in [-0.1, -0.05) is 127 Å². The van der Waals surface area contributed by atoms with Crippen molar-refractivity contribution in [2.45, 2.75) is 181 Å². The highest BCUT2D eigenvalue weighted by atomic mass is 16.6. The van der Waals surface area contributed by atoms with Crippen molar-refractivity contribution in [3.63, 3.8) is 0 Å². The van der Waals surface area contributed by atoms with E-state index < -0.39 is 0 Å². The molecule has 0 saturated carbocycles. The lowest BCUT2D eigenvalue weighted by Crippen LogP contribution is -2.26. The Morgan fingerprint density at radius 2 is 0.755 bits per heavy atom. The molecule has 306 valence electrons. The standard InChI is InChI=1S/C46H81NO6/c1-5-7-9-11-13-15-17-19-21-23-25-27-29-31-33-36-44(48)51-40-43(42-53-46(50)38-35-39-47(3)4)41-52-45(49)37-34-32-30-28-26-24-22-20-18-16-14-12-10-8-6-2/h13-16,19-22,43H,5-12,17-18,23-42H2,1-4H3. The number of carbonyl (C=O) groups excluding carboxylic acids is 3. The summed E-state index contributed by atoms with van der Waals surface area (Å²) in [6, 6.07) is 0. The lowest BCUT2D eigenvalue weighted by molar-refractivity contribution is -0.153. The van der Waals surface area contributed by atoms with Crippen LogP contribution in [0.25, 0.3) is 0 Å². The van der Waals surface area contributed by atoms with Gasteiger partial charge in [0.05, 0.1) is 5.92 Å². The van der Waals surface area contributed by atoms with Gasteiger partial charge in [-0.15, -0.1) is 0 Å². The Bertz CT molecular complexity index is 907. The number of rotatable bonds is 38. The van der Waals surface area contributed by atoms with Gasteiger partial charge in [-0.05, 0) is 104 Å². The summed E-state index contributed by atoms with van der Waals surface area (Å²) < 4.78 is 16.6. The summed E-state index contributed by atoms with van der Waals surface area (Å²) in [4.78, 5) is 39.2. The fraction of sp³-hybridized carbons (Fsp3) is 0.761. The molecule has 0 N–H and O–H groups in total. The minimum Gasteiger partial charge on any atom is -0.465 e. The van der Waals surface area contributed by atoms with Crippen molar-refractivity contribution in [2.75, 3.05) is 40.5 Å². The Labute approximate surface area is 326 Å². The van der Waals surface area contributed by atoms with Crippen molar-refractivity contribution in [1.82, 2.24) is 4.90 Å². The van der Waals surface area contributed by atoms with Crippen LogP contribution in [0.4, 0.5) is 0 Å². The Morgan fingerprint density at radius 1 is 0.434 bits per heavy atom. The average molecular weight is 744 g/mol. The van der Waals surface area contributed by atoms with E-state index >= 15 is 0 Å². The highest BCUT2D eigenvalue weighted by molar-refractivity contribution is 5.70. The zero-order valence-corrected chi connectivity index (χ0v) is 34.8. The lowest BCUT2D eigenvalue weighted by Gasteiger charge is -2.18. The second kappa shape index (κ2) is 40.5. The Kier molecular flexibility index (Phi) is 38.5. The van der Waals surface area contributed by atoms with Crippen LogP contribution < -0.4 is 0 Å². The fourth-order valence-corrected chi connectivity index (χ4v) is 5.69. The molecule has 0 fully saturated rings. The topological polar surface area (TPSA) is 82.1 Å². The smallest absolute Gasteiger partial charge is 0.305 e. The fourth-order valence-electron chi connectivity index (χ4n) is 5.69. The van der Waals surface area contributed by atoms with Crippen LogP contribution in [0.2, 0.25) is 0 Å². The number of hydrogen-bond acceptors (Lipinski definition) is 7. The van der Waals surface area contributed by atoms with Crippen LogP contribution in [0, 0.1) is 5.92 Å². The first-order chi connectivity index (χ1) is 25.9. The Balaban J connectivity index is 4.24. The van der Waals surface area contributed by atoms with E-state index in [0.717, 1.165) is 83.6 Å². The van der Waals surface area contributed by atoms with Gasteiger partial charge in [0.15, 0.2) is 0 Å². The summed E-state index contributed by atoms with van der Waals surface area (Å²) in [5, 5.41) is 0. The molecule has 0 rings (SSSR count). The first-order valence-corrected chi connectivity index (χ1v) is 21.6. The van der Waals surface area contributed by atoms with E-state index in [1.54, 1.807) is 0 Å². The third-order valence-corrected chi connectivity index (χ3v) is 9.09. The molecule has 0 heterocycles. The second-order valence-electron chi connectivity index (χ2n) is 14.8. The molecule has 0 aliphatic rings. The molecule has 0 aromatic heterocycles. The largest absolute Gasteiger partial charge is 0.465 e. The molecular formula is C46H81NO6. The zero-order valence-electron chi connectivity index (χ0n) is 34.8. The summed E-state index contributed by atoms with van der Waals surface area (Å²) >= 11 is 0. The normalized spacial score (nSPS) is 12.5. The van der Waals surface area contributed by atoms with Gasteiger partial charge in [0.2, 0.25) is 0 Å². The van der Waals surface area contributed by atoms with Gasteiger partial charge in [0.1, 0.15) is 19.8 Å². The molecule has 0 spiro atoms. The van der Waals surface area contributed by atoms with Crippen LogP contribution in [0.5, 0.6) is 0 Å². The number of carbonyl (C=O) groups is 3. The molecule has 0 aliphatic carbocycles. The SMILES string of the molecule is CCCCCC=CCC=CCCCCCCCC(=O)OCC(COC(=O)CCCCCCCC=CCC=CCCCCC)COC(=O)CCCN(C)C. The number of esters is 3. The lowest BCUT2D eigenvalue weighted by atomic mass is 10.1. The van der Waals surface area contributed by atoms with E-state index in [-0.39, 0.29) is 43.6 Å². The summed E-state index contributed by atoms with van der Waals surface area (Å²) in [5.74, 6) is -1.18. The van der Waals surface area contributed by atoms with Gasteiger partial charge < -0.3 is 19.1 Å². The predicted molar refractivity (Wildman–Crippen MR) is 223 cm³/mol. The third kappa shape index (κ3) is 40.4. The summed E-state index contributed by atoms with van der Waals surface area (Å²) in [6.45, 7) is 5.48. The van der Waals surface area contributed by atoms with Crippen LogP contribution in [-0.4, -0.2) is 63.3 Å². The minimum atomic E-state index is -0.380. The van der Waals surface area contributed by atoms with E-state index in [1.165, 1.54) is 64.2 Å². The molecule has 0 atom stereocenters. The van der Waals surface area contributed by atoms with Crippen LogP contribution >= 0.6 is 0 Å². The number of allylic oxidation sites excluding steroid dienone is 8. The molecule has 0 radical (unpaired) electrons. The predicted octanol–water partition coefficient (Wildman–Crippen LogP) is 12.2. The maximum atomic E-state index is 12.5. The van der Waals surface area contributed by atoms with Gasteiger partial charge in [-0.25, -0.2) is 0 Å². The van der Waals surface area contributed by atoms with Crippen LogP contribution in [0.3, 0.4) is 0 Å². The maximum Gasteiger partial charge on any atom is 0.305 e. The van der Waals surface area contributed by atoms with Crippen LogP contribution in [0.15, 0.2) is 48.6 Å². The molecule has 0 bridgehead atoms. The molecule has 7 heteroatoms. The van der Waals surface area contributed by atoms with Gasteiger partial charge in [-0.3, -0.25) is 14.4 Å². The highest BCUT2D eigenvalue weighted by Gasteiger charge is 2.18. The molecule has 0 amide bonds. The van der Waals surface area contributed by atoms with Crippen LogP contribution in [0.1, 0.15) is 181 Å². The first kappa shape index (κ1) is 50.3. The number of nitrogens with zero attached hydrogens (tertiary/aromatic N) is 1. The average Bonchev–Trinajstić information content (AvgIpc) is 3.14. The molecular weight excluding hydrogens is 663 g/mol. The Hall–Kier alpha value is -2.67. The van der Waals surface area contributed by atoms with Crippen molar-refractivity contribution in [2.24, 2.45) is 5.92 Å². The third-order valence-electron chi connectivity index (χ3n) is 9.09. The summed E-state index contributed by atoms with van der Waals surface area (Å²) in [5.41, 5.74) is 0. The first-order valence-electron chi connectivity index (χ1n) is 21.6. The van der Waals surface area contributed by atoms with Gasteiger partial charge in [0.25, 0.3) is 0 Å². The van der Waals surface area contributed by atoms with Crippen molar-refractivity contribution in [3.8, 4) is 0 Å². The van der Waals surface area contributed by atoms with E-state index in [2.05, 4.69) is 62.5 Å².